The van der Waals surface area contributed by atoms with E-state index in [4.69, 9.17) is 0 Å². The first-order valence-corrected chi connectivity index (χ1v) is 12.3. The van der Waals surface area contributed by atoms with Crippen molar-refractivity contribution in [3.63, 3.8) is 0 Å². The second-order valence-electron chi connectivity index (χ2n) is 9.27. The number of benzene rings is 1. The number of carbonyl (C=O) groups is 2. The van der Waals surface area contributed by atoms with E-state index in [1.54, 1.807) is 17.4 Å². The lowest BCUT2D eigenvalue weighted by atomic mass is 9.72. The number of hydrogen-bond donors (Lipinski definition) is 2. The number of anilines is 2. The van der Waals surface area contributed by atoms with E-state index in [9.17, 15) is 9.59 Å². The van der Waals surface area contributed by atoms with Gasteiger partial charge < -0.3 is 10.6 Å². The van der Waals surface area contributed by atoms with Gasteiger partial charge in [-0.1, -0.05) is 39.0 Å². The second-order valence-corrected chi connectivity index (χ2v) is 11.3. The standard InChI is InChI=1S/C25H28N2O2S2/c1-15-7-5-8-17(13-15)26-23(29)21-18-11-10-16(25(2,3)4)14-20(18)31-24(21)27-22(28)19-9-6-12-30-19/h5-9,12-13,16H,10-11,14H2,1-4H3,(H,26,29)(H,27,28). The maximum Gasteiger partial charge on any atom is 0.266 e. The van der Waals surface area contributed by atoms with Crippen LogP contribution in [0.2, 0.25) is 0 Å². The molecule has 2 heterocycles. The third-order valence-electron chi connectivity index (χ3n) is 5.97. The predicted molar refractivity (Wildman–Crippen MR) is 131 cm³/mol. The topological polar surface area (TPSA) is 58.2 Å². The Balaban J connectivity index is 1.68. The molecule has 0 bridgehead atoms. The Morgan fingerprint density at radius 1 is 1.06 bits per heavy atom. The number of fused-ring (bicyclic) bond motifs is 1. The Morgan fingerprint density at radius 2 is 1.87 bits per heavy atom. The van der Waals surface area contributed by atoms with E-state index in [-0.39, 0.29) is 17.2 Å². The van der Waals surface area contributed by atoms with Crippen molar-refractivity contribution in [1.82, 2.24) is 0 Å². The summed E-state index contributed by atoms with van der Waals surface area (Å²) in [6.45, 7) is 8.84. The highest BCUT2D eigenvalue weighted by atomic mass is 32.1. The molecular weight excluding hydrogens is 424 g/mol. The van der Waals surface area contributed by atoms with Crippen molar-refractivity contribution < 1.29 is 9.59 Å². The van der Waals surface area contributed by atoms with E-state index < -0.39 is 0 Å². The number of hydrogen-bond acceptors (Lipinski definition) is 4. The first-order chi connectivity index (χ1) is 14.7. The normalized spacial score (nSPS) is 15.9. The first kappa shape index (κ1) is 21.8. The Bertz CT molecular complexity index is 1110. The molecule has 4 nitrogen and oxygen atoms in total. The third-order valence-corrected chi connectivity index (χ3v) is 8.00. The zero-order valence-electron chi connectivity index (χ0n) is 18.4. The summed E-state index contributed by atoms with van der Waals surface area (Å²) < 4.78 is 0. The highest BCUT2D eigenvalue weighted by molar-refractivity contribution is 7.17. The van der Waals surface area contributed by atoms with E-state index in [0.717, 1.165) is 36.1 Å². The molecule has 162 valence electrons. The van der Waals surface area contributed by atoms with Gasteiger partial charge in [0.15, 0.2) is 0 Å². The van der Waals surface area contributed by atoms with E-state index in [0.29, 0.717) is 21.4 Å². The summed E-state index contributed by atoms with van der Waals surface area (Å²) in [6.07, 6.45) is 2.86. The molecule has 1 aliphatic rings. The van der Waals surface area contributed by atoms with Gasteiger partial charge in [0.25, 0.3) is 11.8 Å². The number of carbonyl (C=O) groups excluding carboxylic acids is 2. The molecule has 2 N–H and O–H groups in total. The minimum Gasteiger partial charge on any atom is -0.322 e. The number of nitrogens with one attached hydrogen (secondary N) is 2. The Labute approximate surface area is 191 Å². The molecule has 0 saturated heterocycles. The van der Waals surface area contributed by atoms with Gasteiger partial charge in [0.2, 0.25) is 0 Å². The fraction of sp³-hybridized carbons (Fsp3) is 0.360. The molecule has 6 heteroatoms. The minimum atomic E-state index is -0.162. The van der Waals surface area contributed by atoms with Crippen molar-refractivity contribution in [2.75, 3.05) is 10.6 Å². The Morgan fingerprint density at radius 3 is 2.55 bits per heavy atom. The van der Waals surface area contributed by atoms with Crippen LogP contribution in [0.4, 0.5) is 10.7 Å². The van der Waals surface area contributed by atoms with Crippen molar-refractivity contribution in [3.8, 4) is 0 Å². The molecule has 0 saturated carbocycles. The summed E-state index contributed by atoms with van der Waals surface area (Å²) in [6, 6.07) is 11.4. The minimum absolute atomic E-state index is 0.154. The molecule has 1 atom stereocenters. The molecule has 4 rings (SSSR count). The smallest absolute Gasteiger partial charge is 0.266 e. The van der Waals surface area contributed by atoms with Gasteiger partial charge in [-0.2, -0.15) is 0 Å². The highest BCUT2D eigenvalue weighted by Crippen LogP contribution is 2.44. The van der Waals surface area contributed by atoms with E-state index in [1.807, 2.05) is 42.6 Å². The van der Waals surface area contributed by atoms with Gasteiger partial charge in [-0.15, -0.1) is 22.7 Å². The van der Waals surface area contributed by atoms with Crippen molar-refractivity contribution >= 4 is 45.2 Å². The molecule has 2 aromatic heterocycles. The van der Waals surface area contributed by atoms with Crippen LogP contribution in [-0.4, -0.2) is 11.8 Å². The molecule has 3 aromatic rings. The summed E-state index contributed by atoms with van der Waals surface area (Å²) in [5, 5.41) is 8.61. The highest BCUT2D eigenvalue weighted by Gasteiger charge is 2.34. The molecule has 31 heavy (non-hydrogen) atoms. The summed E-state index contributed by atoms with van der Waals surface area (Å²) in [5.74, 6) is 0.247. The largest absolute Gasteiger partial charge is 0.322 e. The van der Waals surface area contributed by atoms with Crippen LogP contribution in [0.1, 0.15) is 63.2 Å². The van der Waals surface area contributed by atoms with Gasteiger partial charge in [0, 0.05) is 10.6 Å². The average molecular weight is 453 g/mol. The number of aryl methyl sites for hydroxylation is 1. The molecular formula is C25H28N2O2S2. The Hall–Kier alpha value is -2.44. The van der Waals surface area contributed by atoms with Gasteiger partial charge in [-0.05, 0) is 72.2 Å². The van der Waals surface area contributed by atoms with Crippen molar-refractivity contribution in [2.24, 2.45) is 11.3 Å². The van der Waals surface area contributed by atoms with Crippen LogP contribution in [0, 0.1) is 18.3 Å². The molecule has 0 spiro atoms. The molecule has 1 aliphatic carbocycles. The van der Waals surface area contributed by atoms with Gasteiger partial charge in [0.05, 0.1) is 10.4 Å². The molecule has 0 fully saturated rings. The van der Waals surface area contributed by atoms with E-state index in [1.165, 1.54) is 16.2 Å². The Kier molecular flexibility index (Phi) is 6.04. The van der Waals surface area contributed by atoms with Crippen LogP contribution >= 0.6 is 22.7 Å². The third kappa shape index (κ3) is 4.75. The van der Waals surface area contributed by atoms with Crippen molar-refractivity contribution in [3.05, 3.63) is 68.2 Å². The van der Waals surface area contributed by atoms with Crippen molar-refractivity contribution in [1.29, 1.82) is 0 Å². The average Bonchev–Trinajstić information content (AvgIpc) is 3.34. The second kappa shape index (κ2) is 8.60. The quantitative estimate of drug-likeness (QED) is 0.459. The van der Waals surface area contributed by atoms with Gasteiger partial charge in [0.1, 0.15) is 5.00 Å². The van der Waals surface area contributed by atoms with Crippen molar-refractivity contribution in [2.45, 2.75) is 47.0 Å². The number of amides is 2. The molecule has 0 aliphatic heterocycles. The van der Waals surface area contributed by atoms with Gasteiger partial charge >= 0.3 is 0 Å². The van der Waals surface area contributed by atoms with Crippen LogP contribution in [0.25, 0.3) is 0 Å². The summed E-state index contributed by atoms with van der Waals surface area (Å²) >= 11 is 2.96. The van der Waals surface area contributed by atoms with Gasteiger partial charge in [-0.3, -0.25) is 9.59 Å². The fourth-order valence-corrected chi connectivity index (χ4v) is 6.08. The summed E-state index contributed by atoms with van der Waals surface area (Å²) in [4.78, 5) is 28.0. The maximum atomic E-state index is 13.4. The summed E-state index contributed by atoms with van der Waals surface area (Å²) in [7, 11) is 0. The van der Waals surface area contributed by atoms with Crippen LogP contribution in [0.15, 0.2) is 41.8 Å². The lowest BCUT2D eigenvalue weighted by Gasteiger charge is -2.33. The molecule has 0 radical (unpaired) electrons. The zero-order valence-corrected chi connectivity index (χ0v) is 20.0. The zero-order chi connectivity index (χ0) is 22.2. The van der Waals surface area contributed by atoms with E-state index in [2.05, 4.69) is 31.4 Å². The van der Waals surface area contributed by atoms with Crippen LogP contribution in [-0.2, 0) is 12.8 Å². The lowest BCUT2D eigenvalue weighted by molar-refractivity contribution is 0.102. The van der Waals surface area contributed by atoms with Crippen LogP contribution in [0.5, 0.6) is 0 Å². The molecule has 1 unspecified atom stereocenters. The van der Waals surface area contributed by atoms with Gasteiger partial charge in [-0.25, -0.2) is 0 Å². The van der Waals surface area contributed by atoms with Crippen LogP contribution in [0.3, 0.4) is 0 Å². The van der Waals surface area contributed by atoms with E-state index >= 15 is 0 Å². The lowest BCUT2D eigenvalue weighted by Crippen LogP contribution is -2.27. The molecule has 2 amide bonds. The summed E-state index contributed by atoms with van der Waals surface area (Å²) in [5.41, 5.74) is 3.79. The molecule has 1 aromatic carbocycles. The first-order valence-electron chi connectivity index (χ1n) is 10.6. The SMILES string of the molecule is Cc1cccc(NC(=O)c2c(NC(=O)c3cccs3)sc3c2CCC(C(C)(C)C)C3)c1. The fourth-order valence-electron chi connectivity index (χ4n) is 4.14. The maximum absolute atomic E-state index is 13.4. The number of thiophene rings is 2. The monoisotopic (exact) mass is 452 g/mol. The number of rotatable bonds is 4. The predicted octanol–water partition coefficient (Wildman–Crippen LogP) is 6.77. The van der Waals surface area contributed by atoms with Crippen LogP contribution < -0.4 is 10.6 Å².